The first-order valence-electron chi connectivity index (χ1n) is 7.18. The Kier molecular flexibility index (Phi) is 4.02. The van der Waals surface area contributed by atoms with Crippen LogP contribution >= 0.6 is 0 Å². The van der Waals surface area contributed by atoms with Gasteiger partial charge in [-0.1, -0.05) is 26.8 Å². The first-order valence-corrected chi connectivity index (χ1v) is 7.18. The third kappa shape index (κ3) is 3.20. The summed E-state index contributed by atoms with van der Waals surface area (Å²) in [5, 5.41) is 0. The maximum absolute atomic E-state index is 13.6. The Morgan fingerprint density at radius 1 is 1.21 bits per heavy atom. The van der Waals surface area contributed by atoms with Crippen molar-refractivity contribution in [1.82, 2.24) is 0 Å². The van der Waals surface area contributed by atoms with Gasteiger partial charge in [-0.05, 0) is 42.7 Å². The number of halogens is 1. The molecule has 2 nitrogen and oxygen atoms in total. The van der Waals surface area contributed by atoms with Crippen molar-refractivity contribution in [2.75, 3.05) is 23.7 Å². The molecular weight excluding hydrogens is 239 g/mol. The molecule has 1 aliphatic rings. The van der Waals surface area contributed by atoms with Gasteiger partial charge in [0.1, 0.15) is 5.82 Å². The largest absolute Gasteiger partial charge is 0.395 e. The summed E-state index contributed by atoms with van der Waals surface area (Å²) in [6, 6.07) is 5.09. The molecule has 1 aliphatic heterocycles. The standard InChI is InChI=1S/C16H25FN2/c1-16(2,3)12-6-5-10-19(11-9-12)14-8-4-7-13(17)15(14)18/h4,7-8,12H,5-6,9-11,18H2,1-3H3. The van der Waals surface area contributed by atoms with E-state index in [2.05, 4.69) is 25.7 Å². The van der Waals surface area contributed by atoms with E-state index in [0.29, 0.717) is 5.41 Å². The molecule has 106 valence electrons. The van der Waals surface area contributed by atoms with E-state index < -0.39 is 0 Å². The zero-order chi connectivity index (χ0) is 14.0. The summed E-state index contributed by atoms with van der Waals surface area (Å²) in [6.45, 7) is 8.87. The van der Waals surface area contributed by atoms with Crippen LogP contribution < -0.4 is 10.6 Å². The van der Waals surface area contributed by atoms with E-state index in [1.165, 1.54) is 12.5 Å². The molecular formula is C16H25FN2. The molecule has 1 saturated heterocycles. The molecule has 0 saturated carbocycles. The number of hydrogen-bond acceptors (Lipinski definition) is 2. The van der Waals surface area contributed by atoms with Crippen molar-refractivity contribution in [2.45, 2.75) is 40.0 Å². The van der Waals surface area contributed by atoms with Gasteiger partial charge in [0.05, 0.1) is 11.4 Å². The number of rotatable bonds is 1. The van der Waals surface area contributed by atoms with Crippen LogP contribution in [0.5, 0.6) is 0 Å². The fraction of sp³-hybridized carbons (Fsp3) is 0.625. The normalized spacial score (nSPS) is 21.3. The zero-order valence-electron chi connectivity index (χ0n) is 12.2. The van der Waals surface area contributed by atoms with E-state index in [1.807, 2.05) is 6.07 Å². The smallest absolute Gasteiger partial charge is 0.148 e. The van der Waals surface area contributed by atoms with Gasteiger partial charge in [-0.3, -0.25) is 0 Å². The molecule has 0 aliphatic carbocycles. The lowest BCUT2D eigenvalue weighted by molar-refractivity contribution is 0.220. The summed E-state index contributed by atoms with van der Waals surface area (Å²) in [7, 11) is 0. The predicted octanol–water partition coefficient (Wildman–Crippen LogP) is 4.06. The van der Waals surface area contributed by atoms with Crippen LogP contribution in [-0.4, -0.2) is 13.1 Å². The lowest BCUT2D eigenvalue weighted by Crippen LogP contribution is -2.27. The number of nitrogens with two attached hydrogens (primary N) is 1. The fourth-order valence-electron chi connectivity index (χ4n) is 3.00. The van der Waals surface area contributed by atoms with Crippen molar-refractivity contribution in [2.24, 2.45) is 11.3 Å². The molecule has 0 amide bonds. The lowest BCUT2D eigenvalue weighted by Gasteiger charge is -2.30. The molecule has 2 rings (SSSR count). The molecule has 2 N–H and O–H groups in total. The van der Waals surface area contributed by atoms with E-state index in [-0.39, 0.29) is 11.5 Å². The second kappa shape index (κ2) is 5.40. The molecule has 0 aromatic heterocycles. The second-order valence-electron chi connectivity index (χ2n) is 6.65. The lowest BCUT2D eigenvalue weighted by atomic mass is 9.77. The third-order valence-corrected chi connectivity index (χ3v) is 4.32. The van der Waals surface area contributed by atoms with Gasteiger partial charge in [-0.2, -0.15) is 0 Å². The van der Waals surface area contributed by atoms with E-state index in [9.17, 15) is 4.39 Å². The number of para-hydroxylation sites is 1. The van der Waals surface area contributed by atoms with E-state index >= 15 is 0 Å². The van der Waals surface area contributed by atoms with Crippen molar-refractivity contribution < 1.29 is 4.39 Å². The highest BCUT2D eigenvalue weighted by atomic mass is 19.1. The Bertz CT molecular complexity index is 437. The third-order valence-electron chi connectivity index (χ3n) is 4.32. The van der Waals surface area contributed by atoms with Crippen molar-refractivity contribution >= 4 is 11.4 Å². The minimum Gasteiger partial charge on any atom is -0.395 e. The fourth-order valence-corrected chi connectivity index (χ4v) is 3.00. The molecule has 1 aromatic carbocycles. The van der Waals surface area contributed by atoms with Gasteiger partial charge >= 0.3 is 0 Å². The molecule has 1 heterocycles. The van der Waals surface area contributed by atoms with Crippen molar-refractivity contribution in [3.05, 3.63) is 24.0 Å². The minimum absolute atomic E-state index is 0.289. The van der Waals surface area contributed by atoms with Crippen molar-refractivity contribution in [1.29, 1.82) is 0 Å². The van der Waals surface area contributed by atoms with Gasteiger partial charge < -0.3 is 10.6 Å². The van der Waals surface area contributed by atoms with E-state index in [0.717, 1.165) is 37.5 Å². The summed E-state index contributed by atoms with van der Waals surface area (Å²) in [4.78, 5) is 2.24. The summed E-state index contributed by atoms with van der Waals surface area (Å²) >= 11 is 0. The molecule has 1 unspecified atom stereocenters. The van der Waals surface area contributed by atoms with Crippen LogP contribution in [0.4, 0.5) is 15.8 Å². The molecule has 0 bridgehead atoms. The summed E-state index contributed by atoms with van der Waals surface area (Å²) in [5.41, 5.74) is 7.36. The average Bonchev–Trinajstić information content (AvgIpc) is 2.57. The molecule has 19 heavy (non-hydrogen) atoms. The van der Waals surface area contributed by atoms with E-state index in [1.54, 1.807) is 6.07 Å². The summed E-state index contributed by atoms with van der Waals surface area (Å²) in [6.07, 6.45) is 3.55. The summed E-state index contributed by atoms with van der Waals surface area (Å²) < 4.78 is 13.6. The summed E-state index contributed by atoms with van der Waals surface area (Å²) in [5.74, 6) is 0.418. The number of nitrogen functional groups attached to an aromatic ring is 1. The Hall–Kier alpha value is -1.25. The monoisotopic (exact) mass is 264 g/mol. The Labute approximate surface area is 115 Å². The van der Waals surface area contributed by atoms with Gasteiger partial charge in [0, 0.05) is 13.1 Å². The Morgan fingerprint density at radius 3 is 2.63 bits per heavy atom. The van der Waals surface area contributed by atoms with Crippen molar-refractivity contribution in [3.8, 4) is 0 Å². The molecule has 1 fully saturated rings. The van der Waals surface area contributed by atoms with Gasteiger partial charge in [-0.25, -0.2) is 4.39 Å². The number of anilines is 2. The van der Waals surface area contributed by atoms with Crippen molar-refractivity contribution in [3.63, 3.8) is 0 Å². The quantitative estimate of drug-likeness (QED) is 0.775. The van der Waals surface area contributed by atoms with Gasteiger partial charge in [-0.15, -0.1) is 0 Å². The van der Waals surface area contributed by atoms with Crippen LogP contribution in [-0.2, 0) is 0 Å². The topological polar surface area (TPSA) is 29.3 Å². The molecule has 1 aromatic rings. The highest BCUT2D eigenvalue weighted by molar-refractivity contribution is 5.68. The number of benzene rings is 1. The van der Waals surface area contributed by atoms with Crippen LogP contribution in [0.15, 0.2) is 18.2 Å². The first kappa shape index (κ1) is 14.2. The SMILES string of the molecule is CC(C)(C)C1CCCN(c2cccc(F)c2N)CC1. The molecule has 3 heteroatoms. The Morgan fingerprint density at radius 2 is 1.95 bits per heavy atom. The number of hydrogen-bond donors (Lipinski definition) is 1. The molecule has 0 radical (unpaired) electrons. The van der Waals surface area contributed by atoms with Crippen LogP contribution in [0.3, 0.4) is 0 Å². The molecule has 1 atom stereocenters. The maximum Gasteiger partial charge on any atom is 0.148 e. The van der Waals surface area contributed by atoms with Gasteiger partial charge in [0.25, 0.3) is 0 Å². The van der Waals surface area contributed by atoms with E-state index in [4.69, 9.17) is 5.73 Å². The van der Waals surface area contributed by atoms with Crippen LogP contribution in [0.1, 0.15) is 40.0 Å². The predicted molar refractivity (Wildman–Crippen MR) is 79.8 cm³/mol. The average molecular weight is 264 g/mol. The first-order chi connectivity index (χ1) is 8.89. The Balaban J connectivity index is 2.13. The van der Waals surface area contributed by atoms with Crippen LogP contribution in [0.25, 0.3) is 0 Å². The maximum atomic E-state index is 13.6. The number of nitrogens with zero attached hydrogens (tertiary/aromatic N) is 1. The highest BCUT2D eigenvalue weighted by Gasteiger charge is 2.27. The molecule has 0 spiro atoms. The second-order valence-corrected chi connectivity index (χ2v) is 6.65. The van der Waals surface area contributed by atoms with Crippen LogP contribution in [0.2, 0.25) is 0 Å². The van der Waals surface area contributed by atoms with Gasteiger partial charge in [0.2, 0.25) is 0 Å². The highest BCUT2D eigenvalue weighted by Crippen LogP contribution is 2.36. The van der Waals surface area contributed by atoms with Crippen LogP contribution in [0, 0.1) is 17.2 Å². The minimum atomic E-state index is -0.311. The zero-order valence-corrected chi connectivity index (χ0v) is 12.2. The van der Waals surface area contributed by atoms with Gasteiger partial charge in [0.15, 0.2) is 0 Å².